The van der Waals surface area contributed by atoms with E-state index in [4.69, 9.17) is 4.74 Å². The fourth-order valence-electron chi connectivity index (χ4n) is 2.29. The van der Waals surface area contributed by atoms with Crippen molar-refractivity contribution in [2.75, 3.05) is 6.61 Å². The lowest BCUT2D eigenvalue weighted by Crippen LogP contribution is -2.36. The first kappa shape index (κ1) is 11.6. The van der Waals surface area contributed by atoms with E-state index in [0.29, 0.717) is 13.0 Å². The monoisotopic (exact) mass is 284 g/mol. The van der Waals surface area contributed by atoms with E-state index in [0.717, 1.165) is 22.0 Å². The average Bonchev–Trinajstić information content (AvgIpc) is 2.58. The van der Waals surface area contributed by atoms with Gasteiger partial charge < -0.3 is 9.84 Å². The standard InChI is InChI=1S/C12H13BrO3/c1-2-16-12(11(14)15)6-5-8-7-9(13)3-4-10(8)12/h3-4,7H,2,5-6H2,1H3,(H,14,15). The molecule has 1 aromatic carbocycles. The van der Waals surface area contributed by atoms with Gasteiger partial charge in [0, 0.05) is 11.1 Å². The maximum absolute atomic E-state index is 11.4. The molecule has 0 heterocycles. The van der Waals surface area contributed by atoms with Crippen LogP contribution in [0.4, 0.5) is 0 Å². The second-order valence-electron chi connectivity index (χ2n) is 3.87. The Balaban J connectivity index is 2.50. The second kappa shape index (κ2) is 4.18. The average molecular weight is 285 g/mol. The third-order valence-corrected chi connectivity index (χ3v) is 3.48. The number of hydrogen-bond acceptors (Lipinski definition) is 2. The van der Waals surface area contributed by atoms with Crippen molar-refractivity contribution in [1.82, 2.24) is 0 Å². The molecule has 0 fully saturated rings. The van der Waals surface area contributed by atoms with Crippen LogP contribution in [0.15, 0.2) is 22.7 Å². The number of aliphatic carboxylic acids is 1. The molecule has 86 valence electrons. The van der Waals surface area contributed by atoms with Gasteiger partial charge in [-0.15, -0.1) is 0 Å². The Labute approximate surface area is 103 Å². The summed E-state index contributed by atoms with van der Waals surface area (Å²) < 4.78 is 6.48. The summed E-state index contributed by atoms with van der Waals surface area (Å²) in [5.41, 5.74) is 0.723. The first-order chi connectivity index (χ1) is 7.60. The zero-order valence-corrected chi connectivity index (χ0v) is 10.6. The van der Waals surface area contributed by atoms with Crippen molar-refractivity contribution in [3.8, 4) is 0 Å². The van der Waals surface area contributed by atoms with Crippen LogP contribution in [-0.4, -0.2) is 17.7 Å². The van der Waals surface area contributed by atoms with E-state index in [1.165, 1.54) is 0 Å². The SMILES string of the molecule is CCOC1(C(=O)O)CCc2cc(Br)ccc21. The molecule has 3 nitrogen and oxygen atoms in total. The van der Waals surface area contributed by atoms with E-state index < -0.39 is 11.6 Å². The molecular weight excluding hydrogens is 272 g/mol. The molecule has 0 aromatic heterocycles. The number of carboxylic acids is 1. The van der Waals surface area contributed by atoms with E-state index in [9.17, 15) is 9.90 Å². The van der Waals surface area contributed by atoms with Crippen molar-refractivity contribution in [1.29, 1.82) is 0 Å². The van der Waals surface area contributed by atoms with Crippen LogP contribution in [0.1, 0.15) is 24.5 Å². The minimum Gasteiger partial charge on any atom is -0.479 e. The summed E-state index contributed by atoms with van der Waals surface area (Å²) in [5, 5.41) is 9.37. The predicted octanol–water partition coefficient (Wildman–Crippen LogP) is 2.71. The second-order valence-corrected chi connectivity index (χ2v) is 4.78. The molecule has 0 bridgehead atoms. The van der Waals surface area contributed by atoms with Gasteiger partial charge in [0.15, 0.2) is 5.60 Å². The highest BCUT2D eigenvalue weighted by atomic mass is 79.9. The lowest BCUT2D eigenvalue weighted by atomic mass is 9.96. The van der Waals surface area contributed by atoms with Gasteiger partial charge in [0.25, 0.3) is 0 Å². The smallest absolute Gasteiger partial charge is 0.340 e. The maximum Gasteiger partial charge on any atom is 0.340 e. The van der Waals surface area contributed by atoms with Crippen LogP contribution in [0.25, 0.3) is 0 Å². The van der Waals surface area contributed by atoms with Gasteiger partial charge in [-0.1, -0.05) is 22.0 Å². The zero-order valence-electron chi connectivity index (χ0n) is 9.00. The van der Waals surface area contributed by atoms with Crippen molar-refractivity contribution in [3.63, 3.8) is 0 Å². The molecule has 0 radical (unpaired) electrons. The van der Waals surface area contributed by atoms with Gasteiger partial charge in [-0.3, -0.25) is 0 Å². The van der Waals surface area contributed by atoms with Crippen LogP contribution in [0.3, 0.4) is 0 Å². The molecule has 1 aliphatic carbocycles. The van der Waals surface area contributed by atoms with Crippen LogP contribution in [0, 0.1) is 0 Å². The van der Waals surface area contributed by atoms with Crippen molar-refractivity contribution in [3.05, 3.63) is 33.8 Å². The number of ether oxygens (including phenoxy) is 1. The van der Waals surface area contributed by atoms with Gasteiger partial charge in [-0.25, -0.2) is 4.79 Å². The number of carboxylic acid groups (broad SMARTS) is 1. The van der Waals surface area contributed by atoms with Crippen molar-refractivity contribution in [2.45, 2.75) is 25.4 Å². The molecule has 1 aliphatic rings. The zero-order chi connectivity index (χ0) is 11.8. The van der Waals surface area contributed by atoms with Gasteiger partial charge in [0.2, 0.25) is 0 Å². The molecule has 16 heavy (non-hydrogen) atoms. The molecule has 0 aliphatic heterocycles. The maximum atomic E-state index is 11.4. The van der Waals surface area contributed by atoms with Crippen molar-refractivity contribution >= 4 is 21.9 Å². The van der Waals surface area contributed by atoms with Crippen LogP contribution in [0.5, 0.6) is 0 Å². The minimum atomic E-state index is -1.13. The Morgan fingerprint density at radius 1 is 1.62 bits per heavy atom. The Morgan fingerprint density at radius 2 is 2.38 bits per heavy atom. The van der Waals surface area contributed by atoms with Crippen molar-refractivity contribution in [2.24, 2.45) is 0 Å². The van der Waals surface area contributed by atoms with E-state index in [1.54, 1.807) is 0 Å². The lowest BCUT2D eigenvalue weighted by molar-refractivity contribution is -0.167. The topological polar surface area (TPSA) is 46.5 Å². The van der Waals surface area contributed by atoms with Crippen LogP contribution in [-0.2, 0) is 21.6 Å². The van der Waals surface area contributed by atoms with Gasteiger partial charge >= 0.3 is 5.97 Å². The third-order valence-electron chi connectivity index (χ3n) is 2.98. The summed E-state index contributed by atoms with van der Waals surface area (Å²) in [7, 11) is 0. The van der Waals surface area contributed by atoms with Crippen LogP contribution < -0.4 is 0 Å². The number of aryl methyl sites for hydroxylation is 1. The summed E-state index contributed by atoms with van der Waals surface area (Å²) in [4.78, 5) is 11.4. The molecular formula is C12H13BrO3. The van der Waals surface area contributed by atoms with Gasteiger partial charge in [-0.2, -0.15) is 0 Å². The molecule has 1 N–H and O–H groups in total. The molecule has 2 rings (SSSR count). The van der Waals surface area contributed by atoms with E-state index >= 15 is 0 Å². The predicted molar refractivity (Wildman–Crippen MR) is 63.4 cm³/mol. The van der Waals surface area contributed by atoms with Crippen molar-refractivity contribution < 1.29 is 14.6 Å². The Bertz CT molecular complexity index is 430. The van der Waals surface area contributed by atoms with Gasteiger partial charge in [0.05, 0.1) is 0 Å². The molecule has 0 saturated carbocycles. The molecule has 0 amide bonds. The van der Waals surface area contributed by atoms with Crippen LogP contribution in [0.2, 0.25) is 0 Å². The van der Waals surface area contributed by atoms with E-state index in [1.807, 2.05) is 25.1 Å². The Hall–Kier alpha value is -0.870. The summed E-state index contributed by atoms with van der Waals surface area (Å²) in [5.74, 6) is -0.893. The summed E-state index contributed by atoms with van der Waals surface area (Å²) in [6.45, 7) is 2.23. The minimum absolute atomic E-state index is 0.405. The molecule has 0 spiro atoms. The first-order valence-electron chi connectivity index (χ1n) is 5.26. The molecule has 0 saturated heterocycles. The Morgan fingerprint density at radius 3 is 3.00 bits per heavy atom. The largest absolute Gasteiger partial charge is 0.479 e. The van der Waals surface area contributed by atoms with Gasteiger partial charge in [-0.05, 0) is 43.0 Å². The number of halogens is 1. The molecule has 1 unspecified atom stereocenters. The number of hydrogen-bond donors (Lipinski definition) is 1. The number of benzene rings is 1. The molecule has 4 heteroatoms. The number of carbonyl (C=O) groups is 1. The van der Waals surface area contributed by atoms with E-state index in [-0.39, 0.29) is 0 Å². The normalized spacial score (nSPS) is 23.1. The fraction of sp³-hybridized carbons (Fsp3) is 0.417. The summed E-state index contributed by atoms with van der Waals surface area (Å²) in [6, 6.07) is 5.68. The summed E-state index contributed by atoms with van der Waals surface area (Å²) >= 11 is 3.39. The highest BCUT2D eigenvalue weighted by Gasteiger charge is 2.46. The highest BCUT2D eigenvalue weighted by molar-refractivity contribution is 9.10. The quantitative estimate of drug-likeness (QED) is 0.928. The van der Waals surface area contributed by atoms with Crippen LogP contribution >= 0.6 is 15.9 Å². The third kappa shape index (κ3) is 1.66. The lowest BCUT2D eigenvalue weighted by Gasteiger charge is -2.25. The van der Waals surface area contributed by atoms with Gasteiger partial charge in [0.1, 0.15) is 0 Å². The highest BCUT2D eigenvalue weighted by Crippen LogP contribution is 2.41. The number of rotatable bonds is 3. The molecule has 1 atom stereocenters. The Kier molecular flexibility index (Phi) is 3.04. The molecule has 1 aromatic rings. The number of fused-ring (bicyclic) bond motifs is 1. The summed E-state index contributed by atoms with van der Waals surface area (Å²) in [6.07, 6.45) is 1.27. The first-order valence-corrected chi connectivity index (χ1v) is 6.05. The fourth-order valence-corrected chi connectivity index (χ4v) is 2.70. The van der Waals surface area contributed by atoms with E-state index in [2.05, 4.69) is 15.9 Å².